The van der Waals surface area contributed by atoms with Crippen molar-refractivity contribution in [3.63, 3.8) is 0 Å². The van der Waals surface area contributed by atoms with Crippen LogP contribution in [0.1, 0.15) is 32.3 Å². The van der Waals surface area contributed by atoms with Gasteiger partial charge in [-0.25, -0.2) is 4.79 Å². The molecule has 1 aromatic rings. The summed E-state index contributed by atoms with van der Waals surface area (Å²) >= 11 is 0. The van der Waals surface area contributed by atoms with E-state index in [9.17, 15) is 14.4 Å². The lowest BCUT2D eigenvalue weighted by molar-refractivity contribution is -0.147. The van der Waals surface area contributed by atoms with Crippen LogP contribution in [0.15, 0.2) is 30.3 Å². The minimum Gasteiger partial charge on any atom is -0.480 e. The van der Waals surface area contributed by atoms with E-state index in [-0.39, 0.29) is 13.2 Å². The summed E-state index contributed by atoms with van der Waals surface area (Å²) in [5, 5.41) is 14.3. The van der Waals surface area contributed by atoms with Gasteiger partial charge in [-0.05, 0) is 32.3 Å². The highest BCUT2D eigenvalue weighted by atomic mass is 16.5. The van der Waals surface area contributed by atoms with Gasteiger partial charge in [-0.15, -0.1) is 0 Å². The molecule has 0 radical (unpaired) electrons. The Balaban J connectivity index is 2.32. The van der Waals surface area contributed by atoms with Crippen molar-refractivity contribution in [2.75, 3.05) is 13.2 Å². The van der Waals surface area contributed by atoms with Crippen LogP contribution in [0.5, 0.6) is 0 Å². The van der Waals surface area contributed by atoms with E-state index in [1.807, 2.05) is 30.3 Å². The van der Waals surface area contributed by atoms with Crippen molar-refractivity contribution in [1.29, 1.82) is 0 Å². The third-order valence-electron chi connectivity index (χ3n) is 3.54. The molecule has 3 N–H and O–H groups in total. The number of hydrogen-bond donors (Lipinski definition) is 3. The molecule has 0 saturated heterocycles. The molecule has 1 rings (SSSR count). The first-order valence-electron chi connectivity index (χ1n) is 8.54. The maximum Gasteiger partial charge on any atom is 0.407 e. The molecular formula is C18H26N2O6. The van der Waals surface area contributed by atoms with Gasteiger partial charge in [-0.2, -0.15) is 0 Å². The standard InChI is InChI=1S/C18H26N2O6/c1-3-25-17(23)15(20-13(2)16(21)22)10-7-11-19-18(24)26-12-14-8-5-4-6-9-14/h4-6,8-9,13,15,20H,3,7,10-12H2,1-2H3,(H,19,24)(H,21,22)/t13-,15-/m0/s1. The van der Waals surface area contributed by atoms with Crippen LogP contribution in [0, 0.1) is 0 Å². The van der Waals surface area contributed by atoms with Crippen molar-refractivity contribution in [3.05, 3.63) is 35.9 Å². The number of amides is 1. The van der Waals surface area contributed by atoms with Gasteiger partial charge in [0.15, 0.2) is 0 Å². The Bertz CT molecular complexity index is 578. The molecule has 0 bridgehead atoms. The fraction of sp³-hybridized carbons (Fsp3) is 0.500. The van der Waals surface area contributed by atoms with Gasteiger partial charge in [0.1, 0.15) is 18.7 Å². The van der Waals surface area contributed by atoms with E-state index in [1.165, 1.54) is 6.92 Å². The van der Waals surface area contributed by atoms with Crippen molar-refractivity contribution in [1.82, 2.24) is 10.6 Å². The minimum atomic E-state index is -1.05. The predicted molar refractivity (Wildman–Crippen MR) is 94.5 cm³/mol. The molecule has 0 aliphatic carbocycles. The Labute approximate surface area is 152 Å². The molecule has 0 fully saturated rings. The second-order valence-electron chi connectivity index (χ2n) is 5.66. The predicted octanol–water partition coefficient (Wildman–Crippen LogP) is 1.69. The summed E-state index contributed by atoms with van der Waals surface area (Å²) in [6.07, 6.45) is 0.243. The SMILES string of the molecule is CCOC(=O)[C@H](CCCNC(=O)OCc1ccccc1)N[C@@H](C)C(=O)O. The Morgan fingerprint density at radius 3 is 2.46 bits per heavy atom. The maximum atomic E-state index is 11.9. The maximum absolute atomic E-state index is 11.9. The van der Waals surface area contributed by atoms with Crippen LogP contribution in [0.3, 0.4) is 0 Å². The van der Waals surface area contributed by atoms with E-state index < -0.39 is 30.1 Å². The molecule has 0 aromatic heterocycles. The lowest BCUT2D eigenvalue weighted by atomic mass is 10.1. The van der Waals surface area contributed by atoms with Crippen LogP contribution < -0.4 is 10.6 Å². The summed E-state index contributed by atoms with van der Waals surface area (Å²) in [5.41, 5.74) is 0.886. The topological polar surface area (TPSA) is 114 Å². The number of alkyl carbamates (subject to hydrolysis) is 1. The molecule has 2 atom stereocenters. The lowest BCUT2D eigenvalue weighted by Gasteiger charge is -2.19. The first kappa shape index (κ1) is 21.4. The lowest BCUT2D eigenvalue weighted by Crippen LogP contribution is -2.46. The number of nitrogens with one attached hydrogen (secondary N) is 2. The molecule has 0 aliphatic rings. The van der Waals surface area contributed by atoms with Gasteiger partial charge in [0, 0.05) is 6.54 Å². The number of carboxylic acid groups (broad SMARTS) is 1. The van der Waals surface area contributed by atoms with Gasteiger partial charge in [0.25, 0.3) is 0 Å². The Hall–Kier alpha value is -2.61. The van der Waals surface area contributed by atoms with E-state index in [0.717, 1.165) is 5.56 Å². The third kappa shape index (κ3) is 8.48. The van der Waals surface area contributed by atoms with Gasteiger partial charge < -0.3 is 19.9 Å². The first-order chi connectivity index (χ1) is 12.4. The van der Waals surface area contributed by atoms with Crippen LogP contribution in [0.25, 0.3) is 0 Å². The molecule has 0 aliphatic heterocycles. The van der Waals surface area contributed by atoms with Gasteiger partial charge >= 0.3 is 18.0 Å². The smallest absolute Gasteiger partial charge is 0.407 e. The zero-order valence-corrected chi connectivity index (χ0v) is 15.1. The van der Waals surface area contributed by atoms with E-state index in [4.69, 9.17) is 14.6 Å². The van der Waals surface area contributed by atoms with Crippen LogP contribution in [-0.4, -0.2) is 48.4 Å². The number of benzene rings is 1. The molecule has 0 heterocycles. The van der Waals surface area contributed by atoms with Crippen molar-refractivity contribution in [2.24, 2.45) is 0 Å². The number of esters is 1. The molecule has 144 valence electrons. The summed E-state index contributed by atoms with van der Waals surface area (Å²) in [6.45, 7) is 3.82. The van der Waals surface area contributed by atoms with Crippen molar-refractivity contribution in [2.45, 2.75) is 45.4 Å². The molecule has 0 saturated carbocycles. The number of hydrogen-bond acceptors (Lipinski definition) is 6. The van der Waals surface area contributed by atoms with Gasteiger partial charge in [0.2, 0.25) is 0 Å². The average molecular weight is 366 g/mol. The van der Waals surface area contributed by atoms with E-state index >= 15 is 0 Å². The molecule has 1 aromatic carbocycles. The molecular weight excluding hydrogens is 340 g/mol. The van der Waals surface area contributed by atoms with E-state index in [0.29, 0.717) is 19.4 Å². The van der Waals surface area contributed by atoms with E-state index in [1.54, 1.807) is 6.92 Å². The van der Waals surface area contributed by atoms with Crippen molar-refractivity contribution in [3.8, 4) is 0 Å². The summed E-state index contributed by atoms with van der Waals surface area (Å²) < 4.78 is 10.0. The molecule has 1 amide bonds. The van der Waals surface area contributed by atoms with Gasteiger partial charge in [-0.1, -0.05) is 30.3 Å². The van der Waals surface area contributed by atoms with Crippen LogP contribution in [0.4, 0.5) is 4.79 Å². The number of rotatable bonds is 11. The van der Waals surface area contributed by atoms with Crippen LogP contribution >= 0.6 is 0 Å². The highest BCUT2D eigenvalue weighted by Gasteiger charge is 2.24. The number of carboxylic acids is 1. The number of ether oxygens (including phenoxy) is 2. The molecule has 26 heavy (non-hydrogen) atoms. The van der Waals surface area contributed by atoms with Gasteiger partial charge in [0.05, 0.1) is 6.61 Å². The monoisotopic (exact) mass is 366 g/mol. The second kappa shape index (κ2) is 11.9. The summed E-state index contributed by atoms with van der Waals surface area (Å²) in [6, 6.07) is 7.67. The quantitative estimate of drug-likeness (QED) is 0.403. The third-order valence-corrected chi connectivity index (χ3v) is 3.54. The summed E-state index contributed by atoms with van der Waals surface area (Å²) in [4.78, 5) is 34.5. The molecule has 0 unspecified atom stereocenters. The largest absolute Gasteiger partial charge is 0.480 e. The summed E-state index contributed by atoms with van der Waals surface area (Å²) in [7, 11) is 0. The highest BCUT2D eigenvalue weighted by molar-refractivity contribution is 5.78. The number of aliphatic carboxylic acids is 1. The first-order valence-corrected chi connectivity index (χ1v) is 8.54. The van der Waals surface area contributed by atoms with Crippen molar-refractivity contribution < 1.29 is 29.0 Å². The molecule has 8 heteroatoms. The van der Waals surface area contributed by atoms with E-state index in [2.05, 4.69) is 10.6 Å². The van der Waals surface area contributed by atoms with Crippen LogP contribution in [-0.2, 0) is 25.7 Å². The zero-order chi connectivity index (χ0) is 19.4. The fourth-order valence-electron chi connectivity index (χ4n) is 2.16. The Morgan fingerprint density at radius 2 is 1.85 bits per heavy atom. The number of carbonyl (C=O) groups is 3. The average Bonchev–Trinajstić information content (AvgIpc) is 2.63. The van der Waals surface area contributed by atoms with Gasteiger partial charge in [-0.3, -0.25) is 14.9 Å². The minimum absolute atomic E-state index is 0.176. The molecule has 8 nitrogen and oxygen atoms in total. The number of carbonyl (C=O) groups excluding carboxylic acids is 2. The fourth-order valence-corrected chi connectivity index (χ4v) is 2.16. The highest BCUT2D eigenvalue weighted by Crippen LogP contribution is 2.03. The van der Waals surface area contributed by atoms with Crippen LogP contribution in [0.2, 0.25) is 0 Å². The normalized spacial score (nSPS) is 12.7. The Morgan fingerprint density at radius 1 is 1.15 bits per heavy atom. The Kier molecular flexibility index (Phi) is 9.78. The molecule has 0 spiro atoms. The van der Waals surface area contributed by atoms with Crippen molar-refractivity contribution >= 4 is 18.0 Å². The summed E-state index contributed by atoms with van der Waals surface area (Å²) in [5.74, 6) is -1.56. The second-order valence-corrected chi connectivity index (χ2v) is 5.66. The zero-order valence-electron chi connectivity index (χ0n) is 15.1.